The lowest BCUT2D eigenvalue weighted by atomic mass is 9.85. The minimum Gasteiger partial charge on any atom is -0.504 e. The zero-order valence-electron chi connectivity index (χ0n) is 12.3. The molecule has 0 spiro atoms. The summed E-state index contributed by atoms with van der Waals surface area (Å²) in [6.45, 7) is 0. The Kier molecular flexibility index (Phi) is 5.42. The Labute approximate surface area is 136 Å². The summed E-state index contributed by atoms with van der Waals surface area (Å²) in [5.74, 6) is -1.71. The Hall–Kier alpha value is -2.17. The van der Waals surface area contributed by atoms with Gasteiger partial charge in [-0.15, -0.1) is 0 Å². The molecule has 0 aliphatic heterocycles. The maximum absolute atomic E-state index is 11.8. The van der Waals surface area contributed by atoms with Gasteiger partial charge in [-0.25, -0.2) is 4.79 Å². The topological polar surface area (TPSA) is 168 Å². The van der Waals surface area contributed by atoms with Gasteiger partial charge >= 0.3 is 5.97 Å². The Morgan fingerprint density at radius 1 is 0.875 bits per heavy atom. The quantitative estimate of drug-likeness (QED) is 0.184. The summed E-state index contributed by atoms with van der Waals surface area (Å²) in [5, 5.41) is 66.5. The fourth-order valence-corrected chi connectivity index (χ4v) is 2.32. The second kappa shape index (κ2) is 7.16. The number of rotatable bonds is 3. The molecular formula is C15H18O9. The molecule has 0 radical (unpaired) electrons. The van der Waals surface area contributed by atoms with Crippen LogP contribution in [0.1, 0.15) is 5.56 Å². The van der Waals surface area contributed by atoms with Crippen molar-refractivity contribution in [3.8, 4) is 11.5 Å². The molecule has 1 aliphatic carbocycles. The molecule has 1 fully saturated rings. The standard InChI is InChI=1S/C15H18O9/c16-7-3-1-6(5-8(7)17)2-4-9(18)24-15-13(22)11(20)10(19)12(21)14(15)23/h1-5,10-17,19-23H/b4-2+/t10?,11-,12-,13-,14+,15?/m1/s1. The molecule has 2 rings (SSSR count). The number of aliphatic hydroxyl groups excluding tert-OH is 5. The highest BCUT2D eigenvalue weighted by Gasteiger charge is 2.50. The Balaban J connectivity index is 2.05. The number of hydrogen-bond acceptors (Lipinski definition) is 9. The van der Waals surface area contributed by atoms with Crippen molar-refractivity contribution in [1.29, 1.82) is 0 Å². The molecule has 2 unspecified atom stereocenters. The minimum atomic E-state index is -1.79. The van der Waals surface area contributed by atoms with E-state index < -0.39 is 42.6 Å². The molecule has 0 bridgehead atoms. The molecule has 0 heterocycles. The van der Waals surface area contributed by atoms with Gasteiger partial charge in [0.15, 0.2) is 17.6 Å². The number of phenolic OH excluding ortho intramolecular Hbond substituents is 2. The first-order valence-electron chi connectivity index (χ1n) is 7.03. The van der Waals surface area contributed by atoms with Gasteiger partial charge in [-0.05, 0) is 23.8 Å². The molecule has 6 atom stereocenters. The molecule has 9 nitrogen and oxygen atoms in total. The number of benzene rings is 1. The number of esters is 1. The van der Waals surface area contributed by atoms with E-state index in [9.17, 15) is 40.5 Å². The number of aromatic hydroxyl groups is 2. The van der Waals surface area contributed by atoms with Crippen LogP contribution in [0.2, 0.25) is 0 Å². The van der Waals surface area contributed by atoms with Gasteiger partial charge in [0.05, 0.1) is 0 Å². The largest absolute Gasteiger partial charge is 0.504 e. The van der Waals surface area contributed by atoms with Crippen LogP contribution in [-0.2, 0) is 9.53 Å². The lowest BCUT2D eigenvalue weighted by Gasteiger charge is -2.40. The average Bonchev–Trinajstić information content (AvgIpc) is 2.56. The number of aliphatic hydroxyl groups is 5. The molecule has 0 saturated heterocycles. The minimum absolute atomic E-state index is 0.329. The highest BCUT2D eigenvalue weighted by Crippen LogP contribution is 2.26. The third-order valence-corrected chi connectivity index (χ3v) is 3.74. The van der Waals surface area contributed by atoms with E-state index in [2.05, 4.69) is 0 Å². The van der Waals surface area contributed by atoms with Crippen molar-refractivity contribution in [1.82, 2.24) is 0 Å². The second-order valence-corrected chi connectivity index (χ2v) is 5.44. The Bertz CT molecular complexity index is 613. The number of carbonyl (C=O) groups excluding carboxylic acids is 1. The predicted octanol–water partition coefficient (Wildman–Crippen LogP) is -2.16. The first kappa shape index (κ1) is 18.2. The van der Waals surface area contributed by atoms with Crippen LogP contribution in [0.15, 0.2) is 24.3 Å². The van der Waals surface area contributed by atoms with Crippen molar-refractivity contribution in [2.24, 2.45) is 0 Å². The molecule has 1 saturated carbocycles. The molecule has 0 aromatic heterocycles. The van der Waals surface area contributed by atoms with Gasteiger partial charge in [-0.2, -0.15) is 0 Å². The van der Waals surface area contributed by atoms with E-state index in [-0.39, 0.29) is 11.5 Å². The summed E-state index contributed by atoms with van der Waals surface area (Å²) in [6.07, 6.45) is -8.40. The van der Waals surface area contributed by atoms with E-state index in [1.807, 2.05) is 0 Å². The van der Waals surface area contributed by atoms with Crippen LogP contribution >= 0.6 is 0 Å². The van der Waals surface area contributed by atoms with Crippen LogP contribution in [0.4, 0.5) is 0 Å². The van der Waals surface area contributed by atoms with E-state index >= 15 is 0 Å². The predicted molar refractivity (Wildman–Crippen MR) is 78.7 cm³/mol. The highest BCUT2D eigenvalue weighted by atomic mass is 16.6. The van der Waals surface area contributed by atoms with E-state index in [0.717, 1.165) is 6.08 Å². The lowest BCUT2D eigenvalue weighted by Crippen LogP contribution is -2.64. The van der Waals surface area contributed by atoms with Crippen molar-refractivity contribution < 1.29 is 45.3 Å². The summed E-state index contributed by atoms with van der Waals surface area (Å²) in [4.78, 5) is 11.8. The third kappa shape index (κ3) is 3.66. The van der Waals surface area contributed by atoms with E-state index in [0.29, 0.717) is 5.56 Å². The average molecular weight is 342 g/mol. The first-order chi connectivity index (χ1) is 11.2. The molecule has 24 heavy (non-hydrogen) atoms. The van der Waals surface area contributed by atoms with E-state index in [1.165, 1.54) is 24.3 Å². The number of hydrogen-bond donors (Lipinski definition) is 7. The summed E-state index contributed by atoms with van der Waals surface area (Å²) >= 11 is 0. The zero-order chi connectivity index (χ0) is 18.0. The molecule has 1 aromatic rings. The van der Waals surface area contributed by atoms with Crippen molar-refractivity contribution in [3.63, 3.8) is 0 Å². The molecule has 9 heteroatoms. The summed E-state index contributed by atoms with van der Waals surface area (Å²) < 4.78 is 4.81. The Morgan fingerprint density at radius 3 is 1.96 bits per heavy atom. The van der Waals surface area contributed by atoms with Crippen LogP contribution in [-0.4, -0.2) is 78.3 Å². The smallest absolute Gasteiger partial charge is 0.331 e. The van der Waals surface area contributed by atoms with Crippen LogP contribution in [0, 0.1) is 0 Å². The molecular weight excluding hydrogens is 324 g/mol. The molecule has 132 valence electrons. The lowest BCUT2D eigenvalue weighted by molar-refractivity contribution is -0.231. The fourth-order valence-electron chi connectivity index (χ4n) is 2.32. The maximum atomic E-state index is 11.8. The summed E-state index contributed by atoms with van der Waals surface area (Å²) in [6, 6.07) is 3.81. The van der Waals surface area contributed by atoms with Crippen molar-refractivity contribution >= 4 is 12.0 Å². The third-order valence-electron chi connectivity index (χ3n) is 3.74. The fraction of sp³-hybridized carbons (Fsp3) is 0.400. The van der Waals surface area contributed by atoms with Gasteiger partial charge in [0.1, 0.15) is 30.5 Å². The van der Waals surface area contributed by atoms with Crippen LogP contribution in [0.25, 0.3) is 6.08 Å². The van der Waals surface area contributed by atoms with Crippen molar-refractivity contribution in [3.05, 3.63) is 29.8 Å². The van der Waals surface area contributed by atoms with Gasteiger partial charge in [-0.1, -0.05) is 6.07 Å². The normalized spacial score (nSPS) is 33.5. The van der Waals surface area contributed by atoms with Crippen molar-refractivity contribution in [2.45, 2.75) is 36.6 Å². The molecule has 1 aromatic carbocycles. The van der Waals surface area contributed by atoms with E-state index in [4.69, 9.17) is 4.74 Å². The highest BCUT2D eigenvalue weighted by molar-refractivity contribution is 5.87. The van der Waals surface area contributed by atoms with Gasteiger partial charge in [0, 0.05) is 6.08 Å². The van der Waals surface area contributed by atoms with Crippen LogP contribution in [0.3, 0.4) is 0 Å². The SMILES string of the molecule is O=C(/C=C/c1ccc(O)c(O)c1)OC1[C@@H](O)[C@H](O)C(O)[C@@H](O)[C@H]1O. The first-order valence-corrected chi connectivity index (χ1v) is 7.03. The molecule has 7 N–H and O–H groups in total. The number of carbonyl (C=O) groups is 1. The van der Waals surface area contributed by atoms with Crippen molar-refractivity contribution in [2.75, 3.05) is 0 Å². The van der Waals surface area contributed by atoms with Gasteiger partial charge in [0.2, 0.25) is 0 Å². The van der Waals surface area contributed by atoms with Crippen LogP contribution < -0.4 is 0 Å². The van der Waals surface area contributed by atoms with E-state index in [1.54, 1.807) is 0 Å². The molecule has 1 aliphatic rings. The Morgan fingerprint density at radius 2 is 1.42 bits per heavy atom. The monoisotopic (exact) mass is 342 g/mol. The zero-order valence-corrected chi connectivity index (χ0v) is 12.3. The van der Waals surface area contributed by atoms with Gasteiger partial charge < -0.3 is 40.5 Å². The number of phenols is 2. The van der Waals surface area contributed by atoms with Gasteiger partial charge in [-0.3, -0.25) is 0 Å². The number of ether oxygens (including phenoxy) is 1. The second-order valence-electron chi connectivity index (χ2n) is 5.44. The maximum Gasteiger partial charge on any atom is 0.331 e. The van der Waals surface area contributed by atoms with Gasteiger partial charge in [0.25, 0.3) is 0 Å². The molecule has 0 amide bonds. The van der Waals surface area contributed by atoms with Crippen LogP contribution in [0.5, 0.6) is 11.5 Å². The summed E-state index contributed by atoms with van der Waals surface area (Å²) in [5.41, 5.74) is 0.363. The summed E-state index contributed by atoms with van der Waals surface area (Å²) in [7, 11) is 0.